The molecule has 0 fully saturated rings. The number of nitrogens with zero attached hydrogens (tertiary/aromatic N) is 1. The molecule has 5 nitrogen and oxygen atoms in total. The highest BCUT2D eigenvalue weighted by Crippen LogP contribution is 2.26. The molecule has 0 N–H and O–H groups in total. The predicted octanol–water partition coefficient (Wildman–Crippen LogP) is 4.44. The van der Waals surface area contributed by atoms with E-state index in [0.717, 1.165) is 11.1 Å². The second kappa shape index (κ2) is 8.07. The molecule has 0 saturated heterocycles. The molecule has 26 heavy (non-hydrogen) atoms. The third-order valence-electron chi connectivity index (χ3n) is 3.94. The lowest BCUT2D eigenvalue weighted by Gasteiger charge is -2.21. The highest BCUT2D eigenvalue weighted by atomic mass is 32.2. The number of benzene rings is 1. The maximum Gasteiger partial charge on any atom is 0.243 e. The van der Waals surface area contributed by atoms with Crippen LogP contribution in [0, 0.1) is 6.92 Å². The zero-order chi connectivity index (χ0) is 18.6. The topological polar surface area (TPSA) is 59.8 Å². The number of ether oxygens (including phenoxy) is 1. The summed E-state index contributed by atoms with van der Waals surface area (Å²) in [5.74, 6) is 1.30. The van der Waals surface area contributed by atoms with Crippen LogP contribution in [0.1, 0.15) is 23.8 Å². The lowest BCUT2D eigenvalue weighted by Crippen LogP contribution is -2.30. The van der Waals surface area contributed by atoms with Crippen LogP contribution in [0.4, 0.5) is 0 Å². The third-order valence-corrected chi connectivity index (χ3v) is 6.46. The molecule has 0 saturated carbocycles. The molecule has 0 aliphatic rings. The molecule has 7 heteroatoms. The lowest BCUT2D eigenvalue weighted by molar-refractivity contribution is 0.337. The minimum atomic E-state index is -3.69. The molecule has 2 aromatic heterocycles. The van der Waals surface area contributed by atoms with E-state index in [1.54, 1.807) is 47.9 Å². The highest BCUT2D eigenvalue weighted by Gasteiger charge is 2.26. The molecule has 3 rings (SSSR count). The van der Waals surface area contributed by atoms with Gasteiger partial charge in [-0.15, -0.1) is 0 Å². The van der Waals surface area contributed by atoms with E-state index in [2.05, 4.69) is 0 Å². The minimum absolute atomic E-state index is 0.178. The van der Waals surface area contributed by atoms with Gasteiger partial charge in [-0.25, -0.2) is 8.42 Å². The number of rotatable bonds is 8. The van der Waals surface area contributed by atoms with Gasteiger partial charge in [0.25, 0.3) is 0 Å². The molecular formula is C19H21NO4S2. The van der Waals surface area contributed by atoms with E-state index in [0.29, 0.717) is 24.7 Å². The zero-order valence-electron chi connectivity index (χ0n) is 14.7. The van der Waals surface area contributed by atoms with Gasteiger partial charge in [-0.05, 0) is 72.1 Å². The largest absolute Gasteiger partial charge is 0.494 e. The molecule has 0 amide bonds. The monoisotopic (exact) mass is 391 g/mol. The Hall–Kier alpha value is -2.09. The van der Waals surface area contributed by atoms with Gasteiger partial charge < -0.3 is 9.15 Å². The van der Waals surface area contributed by atoms with Crippen molar-refractivity contribution in [3.8, 4) is 5.75 Å². The SMILES string of the molecule is CCOc1ccc(S(=O)(=O)N(Cc2ccsc2)Cc2ccco2)cc1C. The maximum absolute atomic E-state index is 13.3. The number of furan rings is 1. The van der Waals surface area contributed by atoms with Crippen molar-refractivity contribution in [3.63, 3.8) is 0 Å². The van der Waals surface area contributed by atoms with Crippen LogP contribution in [0.25, 0.3) is 0 Å². The van der Waals surface area contributed by atoms with Crippen LogP contribution in [0.3, 0.4) is 0 Å². The van der Waals surface area contributed by atoms with Crippen LogP contribution in [0.5, 0.6) is 5.75 Å². The standard InChI is InChI=1S/C19H21NO4S2/c1-3-23-19-7-6-18(11-15(19)2)26(21,22)20(12-16-8-10-25-14-16)13-17-5-4-9-24-17/h4-11,14H,3,12-13H2,1-2H3. The smallest absolute Gasteiger partial charge is 0.243 e. The van der Waals surface area contributed by atoms with Gasteiger partial charge in [0.2, 0.25) is 10.0 Å². The van der Waals surface area contributed by atoms with Crippen molar-refractivity contribution in [2.45, 2.75) is 31.8 Å². The van der Waals surface area contributed by atoms with E-state index in [4.69, 9.17) is 9.15 Å². The molecule has 0 bridgehead atoms. The van der Waals surface area contributed by atoms with Crippen LogP contribution in [-0.4, -0.2) is 19.3 Å². The Morgan fingerprint density at radius 3 is 2.65 bits per heavy atom. The fraction of sp³-hybridized carbons (Fsp3) is 0.263. The summed E-state index contributed by atoms with van der Waals surface area (Å²) in [4.78, 5) is 0.250. The van der Waals surface area contributed by atoms with Crippen molar-refractivity contribution in [3.05, 3.63) is 70.3 Å². The molecule has 0 unspecified atom stereocenters. The quantitative estimate of drug-likeness (QED) is 0.570. The first-order valence-electron chi connectivity index (χ1n) is 8.27. The summed E-state index contributed by atoms with van der Waals surface area (Å²) in [5.41, 5.74) is 1.74. The van der Waals surface area contributed by atoms with Crippen LogP contribution < -0.4 is 4.74 Å². The summed E-state index contributed by atoms with van der Waals surface area (Å²) in [7, 11) is -3.69. The Kier molecular flexibility index (Phi) is 5.80. The second-order valence-corrected chi connectivity index (χ2v) is 8.56. The summed E-state index contributed by atoms with van der Waals surface area (Å²) >= 11 is 1.54. The average Bonchev–Trinajstić information content (AvgIpc) is 3.30. The summed E-state index contributed by atoms with van der Waals surface area (Å²) in [6, 6.07) is 10.4. The van der Waals surface area contributed by atoms with Gasteiger partial charge in [0.15, 0.2) is 0 Å². The van der Waals surface area contributed by atoms with E-state index in [1.165, 1.54) is 4.31 Å². The highest BCUT2D eigenvalue weighted by molar-refractivity contribution is 7.89. The van der Waals surface area contributed by atoms with Gasteiger partial charge in [0.05, 0.1) is 24.3 Å². The van der Waals surface area contributed by atoms with Gasteiger partial charge in [0.1, 0.15) is 11.5 Å². The summed E-state index contributed by atoms with van der Waals surface area (Å²) < 4.78 is 38.8. The molecule has 0 aliphatic heterocycles. The Morgan fingerprint density at radius 2 is 2.04 bits per heavy atom. The van der Waals surface area contributed by atoms with Crippen molar-refractivity contribution in [1.29, 1.82) is 0 Å². The molecular weight excluding hydrogens is 370 g/mol. The van der Waals surface area contributed by atoms with E-state index >= 15 is 0 Å². The normalized spacial score (nSPS) is 11.8. The average molecular weight is 392 g/mol. The lowest BCUT2D eigenvalue weighted by atomic mass is 10.2. The molecule has 1 aromatic carbocycles. The Balaban J connectivity index is 1.94. The van der Waals surface area contributed by atoms with E-state index < -0.39 is 10.0 Å². The molecule has 2 heterocycles. The van der Waals surface area contributed by atoms with Crippen LogP contribution in [-0.2, 0) is 23.1 Å². The van der Waals surface area contributed by atoms with Crippen molar-refractivity contribution in [2.75, 3.05) is 6.61 Å². The Morgan fingerprint density at radius 1 is 1.19 bits per heavy atom. The van der Waals surface area contributed by atoms with Gasteiger partial charge in [-0.2, -0.15) is 15.6 Å². The van der Waals surface area contributed by atoms with Gasteiger partial charge in [-0.3, -0.25) is 0 Å². The molecule has 0 radical (unpaired) electrons. The fourth-order valence-electron chi connectivity index (χ4n) is 2.64. The van der Waals surface area contributed by atoms with Crippen molar-refractivity contribution in [1.82, 2.24) is 4.31 Å². The molecule has 3 aromatic rings. The van der Waals surface area contributed by atoms with Crippen LogP contribution in [0.15, 0.2) is 62.7 Å². The molecule has 138 valence electrons. The van der Waals surface area contributed by atoms with Gasteiger partial charge >= 0.3 is 0 Å². The van der Waals surface area contributed by atoms with E-state index in [-0.39, 0.29) is 11.4 Å². The zero-order valence-corrected chi connectivity index (χ0v) is 16.3. The Labute approximate surface area is 157 Å². The summed E-state index contributed by atoms with van der Waals surface area (Å²) in [6.07, 6.45) is 1.55. The first kappa shape index (κ1) is 18.7. The number of aryl methyl sites for hydroxylation is 1. The summed E-state index contributed by atoms with van der Waals surface area (Å²) in [5, 5.41) is 3.89. The number of hydrogen-bond donors (Lipinski definition) is 0. The number of thiophene rings is 1. The van der Waals surface area contributed by atoms with Crippen molar-refractivity contribution in [2.24, 2.45) is 0 Å². The number of hydrogen-bond acceptors (Lipinski definition) is 5. The Bertz CT molecular complexity index is 896. The van der Waals surface area contributed by atoms with Crippen molar-refractivity contribution < 1.29 is 17.6 Å². The number of sulfonamides is 1. The molecule has 0 aliphatic carbocycles. The molecule has 0 atom stereocenters. The van der Waals surface area contributed by atoms with E-state index in [9.17, 15) is 8.42 Å². The fourth-order valence-corrected chi connectivity index (χ4v) is 4.78. The predicted molar refractivity (Wildman–Crippen MR) is 102 cm³/mol. The van der Waals surface area contributed by atoms with Gasteiger partial charge in [-0.1, -0.05) is 0 Å². The first-order valence-corrected chi connectivity index (χ1v) is 10.7. The molecule has 0 spiro atoms. The van der Waals surface area contributed by atoms with Crippen molar-refractivity contribution >= 4 is 21.4 Å². The van der Waals surface area contributed by atoms with Crippen LogP contribution in [0.2, 0.25) is 0 Å². The second-order valence-electron chi connectivity index (χ2n) is 5.84. The third kappa shape index (κ3) is 4.17. The van der Waals surface area contributed by atoms with Gasteiger partial charge in [0, 0.05) is 6.54 Å². The minimum Gasteiger partial charge on any atom is -0.494 e. The van der Waals surface area contributed by atoms with Crippen LogP contribution >= 0.6 is 11.3 Å². The first-order chi connectivity index (χ1) is 12.5. The maximum atomic E-state index is 13.3. The summed E-state index contributed by atoms with van der Waals surface area (Å²) in [6.45, 7) is 4.75. The van der Waals surface area contributed by atoms with E-state index in [1.807, 2.05) is 30.7 Å².